The summed E-state index contributed by atoms with van der Waals surface area (Å²) in [5.74, 6) is -0.0698. The van der Waals surface area contributed by atoms with Gasteiger partial charge in [0.1, 0.15) is 6.54 Å². The van der Waals surface area contributed by atoms with E-state index in [1.54, 1.807) is 4.57 Å². The van der Waals surface area contributed by atoms with Gasteiger partial charge in [-0.3, -0.25) is 9.59 Å². The van der Waals surface area contributed by atoms with E-state index in [-0.39, 0.29) is 30.8 Å². The van der Waals surface area contributed by atoms with Gasteiger partial charge in [-0.05, 0) is 30.7 Å². The number of nitrogens with one attached hydrogen (secondary N) is 3. The van der Waals surface area contributed by atoms with Crippen molar-refractivity contribution >= 4 is 17.5 Å². The Balaban J connectivity index is 1.49. The van der Waals surface area contributed by atoms with Gasteiger partial charge in [-0.25, -0.2) is 0 Å². The zero-order chi connectivity index (χ0) is 19.2. The second kappa shape index (κ2) is 8.52. The van der Waals surface area contributed by atoms with Crippen molar-refractivity contribution in [3.63, 3.8) is 0 Å². The summed E-state index contributed by atoms with van der Waals surface area (Å²) in [5.41, 5.74) is 3.99. The summed E-state index contributed by atoms with van der Waals surface area (Å²) in [7, 11) is 0. The number of aryl methyl sites for hydroxylation is 1. The first-order valence-corrected chi connectivity index (χ1v) is 8.95. The minimum Gasteiger partial charge on any atom is -0.349 e. The minimum atomic E-state index is -0.121. The molecule has 0 bridgehead atoms. The Morgan fingerprint density at radius 1 is 1.41 bits per heavy atom. The predicted octanol–water partition coefficient (Wildman–Crippen LogP) is 1.65. The second-order valence-electron chi connectivity index (χ2n) is 6.73. The number of carbonyl (C=O) groups excluding carboxylic acids is 2. The Kier molecular flexibility index (Phi) is 5.89. The lowest BCUT2D eigenvalue weighted by atomic mass is 9.89. The number of carbonyl (C=O) groups is 2. The fourth-order valence-electron chi connectivity index (χ4n) is 3.30. The van der Waals surface area contributed by atoms with Crippen LogP contribution in [0.5, 0.6) is 0 Å². The number of anilines is 1. The van der Waals surface area contributed by atoms with Crippen LogP contribution in [0.15, 0.2) is 36.5 Å². The van der Waals surface area contributed by atoms with Crippen LogP contribution in [0, 0.1) is 18.3 Å². The van der Waals surface area contributed by atoms with Crippen LogP contribution in [0.3, 0.4) is 0 Å². The van der Waals surface area contributed by atoms with Crippen LogP contribution < -0.4 is 16.0 Å². The molecule has 0 saturated carbocycles. The molecule has 0 unspecified atom stereocenters. The van der Waals surface area contributed by atoms with E-state index in [4.69, 9.17) is 5.26 Å². The maximum Gasteiger partial charge on any atom is 0.234 e. The number of nitrogens with zero attached hydrogens (tertiary/aromatic N) is 2. The average Bonchev–Trinajstić information content (AvgIpc) is 3.08. The summed E-state index contributed by atoms with van der Waals surface area (Å²) in [6, 6.07) is 11.8. The lowest BCUT2D eigenvalue weighted by Crippen LogP contribution is -2.37. The highest BCUT2D eigenvalue weighted by Gasteiger charge is 2.24. The van der Waals surface area contributed by atoms with Crippen molar-refractivity contribution in [1.82, 2.24) is 15.2 Å². The number of aromatic nitrogens is 1. The summed E-state index contributed by atoms with van der Waals surface area (Å²) in [4.78, 5) is 24.0. The molecule has 0 spiro atoms. The van der Waals surface area contributed by atoms with Gasteiger partial charge in [0.05, 0.1) is 19.2 Å². The molecule has 0 radical (unpaired) electrons. The van der Waals surface area contributed by atoms with Gasteiger partial charge in [-0.15, -0.1) is 0 Å². The predicted molar refractivity (Wildman–Crippen MR) is 102 cm³/mol. The molecule has 3 rings (SSSR count). The Morgan fingerprint density at radius 3 is 3.07 bits per heavy atom. The maximum atomic E-state index is 12.1. The third-order valence-electron chi connectivity index (χ3n) is 4.66. The van der Waals surface area contributed by atoms with E-state index in [0.717, 1.165) is 22.5 Å². The number of benzene rings is 1. The van der Waals surface area contributed by atoms with Gasteiger partial charge in [0.25, 0.3) is 0 Å². The van der Waals surface area contributed by atoms with Crippen molar-refractivity contribution in [1.29, 1.82) is 5.26 Å². The van der Waals surface area contributed by atoms with Gasteiger partial charge in [0.2, 0.25) is 11.8 Å². The fraction of sp³-hybridized carbons (Fsp3) is 0.350. The SMILES string of the molecule is Cc1ccc2c(c1)[C@@H](CNCC(=O)NCc1cccn1CC#N)CC(=O)N2. The Morgan fingerprint density at radius 2 is 2.26 bits per heavy atom. The lowest BCUT2D eigenvalue weighted by molar-refractivity contribution is -0.120. The van der Waals surface area contributed by atoms with Crippen molar-refractivity contribution in [3.05, 3.63) is 53.3 Å². The van der Waals surface area contributed by atoms with Crippen LogP contribution in [-0.4, -0.2) is 29.5 Å². The van der Waals surface area contributed by atoms with E-state index in [9.17, 15) is 9.59 Å². The minimum absolute atomic E-state index is 0.000796. The summed E-state index contributed by atoms with van der Waals surface area (Å²) in [5, 5.41) is 17.7. The number of rotatable bonds is 7. The molecule has 7 nitrogen and oxygen atoms in total. The molecular formula is C20H23N5O2. The first-order valence-electron chi connectivity index (χ1n) is 8.95. The van der Waals surface area contributed by atoms with Crippen molar-refractivity contribution in [2.24, 2.45) is 0 Å². The largest absolute Gasteiger partial charge is 0.349 e. The summed E-state index contributed by atoms with van der Waals surface area (Å²) in [6.45, 7) is 3.40. The number of hydrogen-bond acceptors (Lipinski definition) is 4. The highest BCUT2D eigenvalue weighted by atomic mass is 16.2. The highest BCUT2D eigenvalue weighted by Crippen LogP contribution is 2.32. The van der Waals surface area contributed by atoms with Crippen LogP contribution >= 0.6 is 0 Å². The van der Waals surface area contributed by atoms with Gasteiger partial charge in [-0.2, -0.15) is 5.26 Å². The van der Waals surface area contributed by atoms with Gasteiger partial charge >= 0.3 is 0 Å². The average molecular weight is 365 g/mol. The Labute approximate surface area is 158 Å². The molecule has 0 fully saturated rings. The van der Waals surface area contributed by atoms with Crippen molar-refractivity contribution in [2.45, 2.75) is 32.4 Å². The smallest absolute Gasteiger partial charge is 0.234 e. The van der Waals surface area contributed by atoms with Crippen LogP contribution in [0.25, 0.3) is 0 Å². The summed E-state index contributed by atoms with van der Waals surface area (Å²) >= 11 is 0. The molecule has 7 heteroatoms. The molecule has 0 aliphatic carbocycles. The molecule has 3 N–H and O–H groups in total. The topological polar surface area (TPSA) is 98.9 Å². The molecule has 1 aliphatic heterocycles. The van der Waals surface area contributed by atoms with Gasteiger partial charge < -0.3 is 20.5 Å². The Bertz CT molecular complexity index is 881. The first kappa shape index (κ1) is 18.7. The zero-order valence-corrected chi connectivity index (χ0v) is 15.3. The number of amides is 2. The zero-order valence-electron chi connectivity index (χ0n) is 15.3. The molecule has 1 aromatic heterocycles. The summed E-state index contributed by atoms with van der Waals surface area (Å²) < 4.78 is 1.80. The molecule has 1 aliphatic rings. The van der Waals surface area contributed by atoms with Gasteiger partial charge in [0, 0.05) is 36.5 Å². The highest BCUT2D eigenvalue weighted by molar-refractivity contribution is 5.94. The first-order chi connectivity index (χ1) is 13.1. The lowest BCUT2D eigenvalue weighted by Gasteiger charge is -2.26. The summed E-state index contributed by atoms with van der Waals surface area (Å²) in [6.07, 6.45) is 2.23. The molecule has 27 heavy (non-hydrogen) atoms. The van der Waals surface area contributed by atoms with E-state index in [0.29, 0.717) is 19.5 Å². The van der Waals surface area contributed by atoms with Crippen LogP contribution in [0.4, 0.5) is 5.69 Å². The van der Waals surface area contributed by atoms with Crippen LogP contribution in [0.2, 0.25) is 0 Å². The molecule has 1 atom stereocenters. The number of hydrogen-bond donors (Lipinski definition) is 3. The molecule has 2 amide bonds. The molecule has 1 aromatic carbocycles. The number of fused-ring (bicyclic) bond motifs is 1. The molecule has 0 saturated heterocycles. The standard InChI is InChI=1S/C20H23N5O2/c1-14-4-5-18-17(9-14)15(10-19(26)24-18)11-22-13-20(27)23-12-16-3-2-7-25(16)8-6-21/h2-5,7,9,15,22H,8,10-13H2,1H3,(H,23,27)(H,24,26)/t15-/m1/s1. The Hall–Kier alpha value is -3.11. The molecule has 2 aromatic rings. The van der Waals surface area contributed by atoms with Gasteiger partial charge in [0.15, 0.2) is 0 Å². The quantitative estimate of drug-likeness (QED) is 0.695. The van der Waals surface area contributed by atoms with Gasteiger partial charge in [-0.1, -0.05) is 17.7 Å². The second-order valence-corrected chi connectivity index (χ2v) is 6.73. The van der Waals surface area contributed by atoms with E-state index >= 15 is 0 Å². The van der Waals surface area contributed by atoms with Crippen molar-refractivity contribution in [3.8, 4) is 6.07 Å². The third-order valence-corrected chi connectivity index (χ3v) is 4.66. The van der Waals surface area contributed by atoms with Crippen LogP contribution in [0.1, 0.15) is 29.2 Å². The van der Waals surface area contributed by atoms with E-state index in [1.807, 2.05) is 37.4 Å². The van der Waals surface area contributed by atoms with E-state index < -0.39 is 0 Å². The van der Waals surface area contributed by atoms with E-state index in [2.05, 4.69) is 28.1 Å². The van der Waals surface area contributed by atoms with E-state index in [1.165, 1.54) is 0 Å². The maximum absolute atomic E-state index is 12.1. The fourth-order valence-corrected chi connectivity index (χ4v) is 3.30. The van der Waals surface area contributed by atoms with Crippen molar-refractivity contribution < 1.29 is 9.59 Å². The molecule has 140 valence electrons. The normalized spacial score (nSPS) is 15.6. The van der Waals surface area contributed by atoms with Crippen LogP contribution in [-0.2, 0) is 22.7 Å². The molecule has 2 heterocycles. The number of nitriles is 1. The molecular weight excluding hydrogens is 342 g/mol. The van der Waals surface area contributed by atoms with Crippen molar-refractivity contribution in [2.75, 3.05) is 18.4 Å². The third kappa shape index (κ3) is 4.74. The monoisotopic (exact) mass is 365 g/mol.